The number of halogens is 1. The average molecular weight is 345 g/mol. The number of aryl methyl sites for hydroxylation is 1. The van der Waals surface area contributed by atoms with Gasteiger partial charge < -0.3 is 5.32 Å². The maximum atomic E-state index is 4.78. The topological polar surface area (TPSA) is 50.7 Å². The molecule has 2 aliphatic carbocycles. The SMILES string of the molecule is Brc1ccc(CNc2nc(C3CC3)nc3c2CCC3)nc1. The van der Waals surface area contributed by atoms with Crippen LogP contribution in [0.15, 0.2) is 22.8 Å². The van der Waals surface area contributed by atoms with E-state index in [-0.39, 0.29) is 0 Å². The quantitative estimate of drug-likeness (QED) is 0.920. The zero-order valence-electron chi connectivity index (χ0n) is 11.8. The highest BCUT2D eigenvalue weighted by Gasteiger charge is 2.29. The Hall–Kier alpha value is -1.49. The highest BCUT2D eigenvalue weighted by molar-refractivity contribution is 9.10. The van der Waals surface area contributed by atoms with Crippen LogP contribution in [0.3, 0.4) is 0 Å². The van der Waals surface area contributed by atoms with Gasteiger partial charge in [0, 0.05) is 27.8 Å². The van der Waals surface area contributed by atoms with Crippen LogP contribution in [0.5, 0.6) is 0 Å². The normalized spacial score (nSPS) is 16.8. The van der Waals surface area contributed by atoms with E-state index in [1.807, 2.05) is 18.3 Å². The van der Waals surface area contributed by atoms with E-state index in [0.29, 0.717) is 12.5 Å². The van der Waals surface area contributed by atoms with E-state index >= 15 is 0 Å². The maximum Gasteiger partial charge on any atom is 0.134 e. The number of anilines is 1. The van der Waals surface area contributed by atoms with Gasteiger partial charge in [-0.05, 0) is 60.2 Å². The van der Waals surface area contributed by atoms with Gasteiger partial charge in [-0.1, -0.05) is 0 Å². The van der Waals surface area contributed by atoms with Crippen LogP contribution >= 0.6 is 15.9 Å². The smallest absolute Gasteiger partial charge is 0.134 e. The van der Waals surface area contributed by atoms with E-state index in [9.17, 15) is 0 Å². The second-order valence-corrected chi connectivity index (χ2v) is 6.72. The fourth-order valence-electron chi connectivity index (χ4n) is 2.81. The van der Waals surface area contributed by atoms with Crippen molar-refractivity contribution < 1.29 is 0 Å². The van der Waals surface area contributed by atoms with Gasteiger partial charge in [-0.25, -0.2) is 9.97 Å². The summed E-state index contributed by atoms with van der Waals surface area (Å²) < 4.78 is 1.00. The Morgan fingerprint density at radius 1 is 1.19 bits per heavy atom. The van der Waals surface area contributed by atoms with Gasteiger partial charge in [-0.2, -0.15) is 0 Å². The average Bonchev–Trinajstić information content (AvgIpc) is 3.24. The molecule has 0 spiro atoms. The van der Waals surface area contributed by atoms with Crippen molar-refractivity contribution in [2.75, 3.05) is 5.32 Å². The molecule has 2 aromatic heterocycles. The van der Waals surface area contributed by atoms with Crippen LogP contribution in [0.1, 0.15) is 48.0 Å². The molecule has 0 atom stereocenters. The van der Waals surface area contributed by atoms with Crippen molar-refractivity contribution in [3.05, 3.63) is 45.6 Å². The highest BCUT2D eigenvalue weighted by atomic mass is 79.9. The van der Waals surface area contributed by atoms with Crippen molar-refractivity contribution in [3.63, 3.8) is 0 Å². The number of pyridine rings is 1. The zero-order chi connectivity index (χ0) is 14.2. The Balaban J connectivity index is 1.57. The molecule has 0 radical (unpaired) electrons. The lowest BCUT2D eigenvalue weighted by Gasteiger charge is -2.12. The molecule has 21 heavy (non-hydrogen) atoms. The standard InChI is InChI=1S/C16H17BrN4/c17-11-6-7-12(18-8-11)9-19-16-13-2-1-3-14(13)20-15(21-16)10-4-5-10/h6-8,10H,1-5,9H2,(H,19,20,21). The lowest BCUT2D eigenvalue weighted by molar-refractivity contribution is 0.870. The molecule has 2 heterocycles. The van der Waals surface area contributed by atoms with E-state index in [1.54, 1.807) is 0 Å². The van der Waals surface area contributed by atoms with Gasteiger partial charge in [-0.15, -0.1) is 0 Å². The van der Waals surface area contributed by atoms with Crippen LogP contribution in [0.25, 0.3) is 0 Å². The molecular formula is C16H17BrN4. The summed E-state index contributed by atoms with van der Waals surface area (Å²) in [5.74, 6) is 2.67. The van der Waals surface area contributed by atoms with Gasteiger partial charge in [0.2, 0.25) is 0 Å². The molecule has 0 amide bonds. The van der Waals surface area contributed by atoms with Crippen LogP contribution in [-0.2, 0) is 19.4 Å². The lowest BCUT2D eigenvalue weighted by atomic mass is 10.2. The minimum atomic E-state index is 0.599. The molecule has 0 unspecified atom stereocenters. The molecule has 1 N–H and O–H groups in total. The van der Waals surface area contributed by atoms with E-state index < -0.39 is 0 Å². The molecule has 0 bridgehead atoms. The van der Waals surface area contributed by atoms with E-state index in [4.69, 9.17) is 9.97 Å². The summed E-state index contributed by atoms with van der Waals surface area (Å²) in [6, 6.07) is 4.05. The number of nitrogens with one attached hydrogen (secondary N) is 1. The molecule has 108 valence electrons. The third kappa shape index (κ3) is 2.79. The first kappa shape index (κ1) is 13.2. The lowest BCUT2D eigenvalue weighted by Crippen LogP contribution is -2.09. The Morgan fingerprint density at radius 2 is 2.10 bits per heavy atom. The van der Waals surface area contributed by atoms with Crippen molar-refractivity contribution >= 4 is 21.7 Å². The molecule has 0 aromatic carbocycles. The summed E-state index contributed by atoms with van der Waals surface area (Å²) in [7, 11) is 0. The number of fused-ring (bicyclic) bond motifs is 1. The predicted molar refractivity (Wildman–Crippen MR) is 85.3 cm³/mol. The molecule has 2 aliphatic rings. The van der Waals surface area contributed by atoms with Crippen LogP contribution in [0, 0.1) is 0 Å². The third-order valence-electron chi connectivity index (χ3n) is 4.12. The van der Waals surface area contributed by atoms with Crippen molar-refractivity contribution in [2.24, 2.45) is 0 Å². The first-order valence-corrected chi connectivity index (χ1v) is 8.33. The fourth-order valence-corrected chi connectivity index (χ4v) is 3.04. The van der Waals surface area contributed by atoms with Gasteiger partial charge in [-0.3, -0.25) is 4.98 Å². The maximum absolute atomic E-state index is 4.78. The van der Waals surface area contributed by atoms with E-state index in [2.05, 4.69) is 26.2 Å². The Labute approximate surface area is 132 Å². The third-order valence-corrected chi connectivity index (χ3v) is 4.59. The van der Waals surface area contributed by atoms with Gasteiger partial charge in [0.05, 0.1) is 12.2 Å². The molecule has 4 nitrogen and oxygen atoms in total. The Bertz CT molecular complexity index is 665. The van der Waals surface area contributed by atoms with Gasteiger partial charge in [0.25, 0.3) is 0 Å². The predicted octanol–water partition coefficient (Wildman–Crippen LogP) is 3.61. The molecule has 0 saturated heterocycles. The first-order valence-electron chi connectivity index (χ1n) is 7.53. The monoisotopic (exact) mass is 344 g/mol. The number of rotatable bonds is 4. The molecule has 0 aliphatic heterocycles. The summed E-state index contributed by atoms with van der Waals surface area (Å²) in [6.07, 6.45) is 7.71. The number of hydrogen-bond donors (Lipinski definition) is 1. The van der Waals surface area contributed by atoms with E-state index in [0.717, 1.165) is 34.7 Å². The molecule has 2 aromatic rings. The zero-order valence-corrected chi connectivity index (χ0v) is 13.4. The summed E-state index contributed by atoms with van der Waals surface area (Å²) >= 11 is 3.41. The van der Waals surface area contributed by atoms with Crippen molar-refractivity contribution in [1.82, 2.24) is 15.0 Å². The van der Waals surface area contributed by atoms with Crippen LogP contribution in [-0.4, -0.2) is 15.0 Å². The van der Waals surface area contributed by atoms with Gasteiger partial charge >= 0.3 is 0 Å². The summed E-state index contributed by atoms with van der Waals surface area (Å²) in [5, 5.41) is 3.47. The molecule has 1 fully saturated rings. The van der Waals surface area contributed by atoms with Crippen LogP contribution < -0.4 is 5.32 Å². The van der Waals surface area contributed by atoms with Gasteiger partial charge in [0.15, 0.2) is 0 Å². The molecule has 5 heteroatoms. The van der Waals surface area contributed by atoms with E-state index in [1.165, 1.54) is 30.5 Å². The van der Waals surface area contributed by atoms with Crippen molar-refractivity contribution in [3.8, 4) is 0 Å². The molecule has 4 rings (SSSR count). The van der Waals surface area contributed by atoms with Crippen molar-refractivity contribution in [2.45, 2.75) is 44.6 Å². The minimum Gasteiger partial charge on any atom is -0.364 e. The Kier molecular flexibility index (Phi) is 3.37. The Morgan fingerprint density at radius 3 is 2.86 bits per heavy atom. The minimum absolute atomic E-state index is 0.599. The van der Waals surface area contributed by atoms with Crippen LogP contribution in [0.4, 0.5) is 5.82 Å². The second-order valence-electron chi connectivity index (χ2n) is 5.80. The highest BCUT2D eigenvalue weighted by Crippen LogP contribution is 2.40. The molecular weight excluding hydrogens is 328 g/mol. The molecule has 1 saturated carbocycles. The number of nitrogens with zero attached hydrogens (tertiary/aromatic N) is 3. The summed E-state index contributed by atoms with van der Waals surface area (Å²) in [4.78, 5) is 14.0. The van der Waals surface area contributed by atoms with Crippen molar-refractivity contribution in [1.29, 1.82) is 0 Å². The summed E-state index contributed by atoms with van der Waals surface area (Å²) in [6.45, 7) is 0.709. The largest absolute Gasteiger partial charge is 0.364 e. The number of aromatic nitrogens is 3. The fraction of sp³-hybridized carbons (Fsp3) is 0.438. The van der Waals surface area contributed by atoms with Gasteiger partial charge in [0.1, 0.15) is 11.6 Å². The number of hydrogen-bond acceptors (Lipinski definition) is 4. The van der Waals surface area contributed by atoms with Crippen LogP contribution in [0.2, 0.25) is 0 Å². The first-order chi connectivity index (χ1) is 10.3. The second kappa shape index (κ2) is 5.37. The summed E-state index contributed by atoms with van der Waals surface area (Å²) in [5.41, 5.74) is 3.60.